The van der Waals surface area contributed by atoms with Crippen LogP contribution in [0.3, 0.4) is 0 Å². The highest BCUT2D eigenvalue weighted by molar-refractivity contribution is 7.99. The minimum atomic E-state index is 0.570. The largest absolute Gasteiger partial charge is 0.369 e. The van der Waals surface area contributed by atoms with Gasteiger partial charge in [-0.3, -0.25) is 0 Å². The van der Waals surface area contributed by atoms with E-state index in [4.69, 9.17) is 23.2 Å². The third-order valence-corrected chi connectivity index (χ3v) is 5.22. The van der Waals surface area contributed by atoms with Crippen molar-refractivity contribution in [2.75, 3.05) is 29.5 Å². The average molecular weight is 334 g/mol. The van der Waals surface area contributed by atoms with Crippen LogP contribution in [0.15, 0.2) is 6.07 Å². The van der Waals surface area contributed by atoms with Crippen molar-refractivity contribution in [3.8, 4) is 0 Å². The topological polar surface area (TPSA) is 37.0 Å². The lowest BCUT2D eigenvalue weighted by molar-refractivity contribution is 0.677. The molecule has 0 radical (unpaired) electrons. The van der Waals surface area contributed by atoms with Crippen LogP contribution < -0.4 is 10.6 Å². The van der Waals surface area contributed by atoms with Gasteiger partial charge in [0.05, 0.1) is 10.0 Å². The highest BCUT2D eigenvalue weighted by Gasteiger charge is 2.15. The predicted octanol–water partition coefficient (Wildman–Crippen LogP) is 4.91. The van der Waals surface area contributed by atoms with Crippen LogP contribution in [0.4, 0.5) is 11.6 Å². The molecule has 1 aromatic heterocycles. The van der Waals surface area contributed by atoms with Gasteiger partial charge < -0.3 is 10.6 Å². The first kappa shape index (κ1) is 16.1. The zero-order valence-corrected chi connectivity index (χ0v) is 14.0. The first-order valence-corrected chi connectivity index (χ1v) is 8.96. The normalized spacial score (nSPS) is 18.9. The van der Waals surface area contributed by atoms with Gasteiger partial charge in [-0.25, -0.2) is 4.98 Å². The van der Waals surface area contributed by atoms with Crippen LogP contribution in [-0.4, -0.2) is 29.1 Å². The molecule has 0 aliphatic carbocycles. The van der Waals surface area contributed by atoms with Crippen molar-refractivity contribution in [1.29, 1.82) is 0 Å². The number of hydrogen-bond donors (Lipinski definition) is 2. The van der Waals surface area contributed by atoms with Gasteiger partial charge in [0, 0.05) is 18.3 Å². The second-order valence-electron chi connectivity index (χ2n) is 4.95. The standard InChI is InChI=1S/C14H21Cl2N3S/c1-2-6-17-13-11(15)8-12(16)14(19-13)18-9-10-5-3-4-7-20-10/h8,10H,2-7,9H2,1H3,(H2,17,18,19). The van der Waals surface area contributed by atoms with E-state index in [0.717, 1.165) is 25.3 Å². The molecule has 0 spiro atoms. The van der Waals surface area contributed by atoms with Crippen LogP contribution in [0, 0.1) is 0 Å². The number of rotatable bonds is 6. The minimum absolute atomic E-state index is 0.570. The molecule has 20 heavy (non-hydrogen) atoms. The van der Waals surface area contributed by atoms with Crippen molar-refractivity contribution in [3.05, 3.63) is 16.1 Å². The molecular weight excluding hydrogens is 313 g/mol. The lowest BCUT2D eigenvalue weighted by Gasteiger charge is -2.22. The third kappa shape index (κ3) is 4.61. The number of nitrogens with zero attached hydrogens (tertiary/aromatic N) is 1. The molecule has 1 fully saturated rings. The summed E-state index contributed by atoms with van der Waals surface area (Å²) in [6, 6.07) is 1.75. The maximum atomic E-state index is 6.21. The monoisotopic (exact) mass is 333 g/mol. The van der Waals surface area contributed by atoms with Gasteiger partial charge in [0.15, 0.2) is 0 Å². The smallest absolute Gasteiger partial charge is 0.147 e. The van der Waals surface area contributed by atoms with E-state index in [2.05, 4.69) is 22.5 Å². The van der Waals surface area contributed by atoms with E-state index in [1.165, 1.54) is 25.0 Å². The van der Waals surface area contributed by atoms with Gasteiger partial charge in [0.1, 0.15) is 11.6 Å². The van der Waals surface area contributed by atoms with Crippen LogP contribution in [0.1, 0.15) is 32.6 Å². The Kier molecular flexibility index (Phi) is 6.59. The van der Waals surface area contributed by atoms with Gasteiger partial charge in [-0.2, -0.15) is 11.8 Å². The van der Waals surface area contributed by atoms with Gasteiger partial charge in [0.25, 0.3) is 0 Å². The number of hydrogen-bond acceptors (Lipinski definition) is 4. The van der Waals surface area contributed by atoms with E-state index in [1.807, 2.05) is 11.8 Å². The number of thioether (sulfide) groups is 1. The summed E-state index contributed by atoms with van der Waals surface area (Å²) in [7, 11) is 0. The molecule has 1 unspecified atom stereocenters. The maximum absolute atomic E-state index is 6.21. The molecule has 3 nitrogen and oxygen atoms in total. The van der Waals surface area contributed by atoms with Gasteiger partial charge in [-0.15, -0.1) is 0 Å². The molecule has 2 heterocycles. The van der Waals surface area contributed by atoms with Crippen molar-refractivity contribution in [2.24, 2.45) is 0 Å². The summed E-state index contributed by atoms with van der Waals surface area (Å²) in [6.45, 7) is 3.87. The molecule has 2 N–H and O–H groups in total. The number of halogens is 2. The van der Waals surface area contributed by atoms with Gasteiger partial charge in [-0.05, 0) is 31.1 Å². The highest BCUT2D eigenvalue weighted by atomic mass is 35.5. The minimum Gasteiger partial charge on any atom is -0.369 e. The Morgan fingerprint density at radius 3 is 2.65 bits per heavy atom. The molecule has 1 aliphatic rings. The summed E-state index contributed by atoms with van der Waals surface area (Å²) in [5, 5.41) is 8.39. The number of anilines is 2. The number of aromatic nitrogens is 1. The highest BCUT2D eigenvalue weighted by Crippen LogP contribution is 2.30. The fraction of sp³-hybridized carbons (Fsp3) is 0.643. The molecule has 1 aliphatic heterocycles. The van der Waals surface area contributed by atoms with Crippen molar-refractivity contribution in [2.45, 2.75) is 37.9 Å². The van der Waals surface area contributed by atoms with E-state index in [0.29, 0.717) is 21.1 Å². The van der Waals surface area contributed by atoms with E-state index in [-0.39, 0.29) is 0 Å². The Morgan fingerprint density at radius 1 is 1.25 bits per heavy atom. The average Bonchev–Trinajstić information content (AvgIpc) is 2.46. The summed E-state index contributed by atoms with van der Waals surface area (Å²) < 4.78 is 0. The van der Waals surface area contributed by atoms with Gasteiger partial charge in [-0.1, -0.05) is 36.5 Å². The fourth-order valence-electron chi connectivity index (χ4n) is 2.14. The number of nitrogens with one attached hydrogen (secondary N) is 2. The lowest BCUT2D eigenvalue weighted by atomic mass is 10.2. The summed E-state index contributed by atoms with van der Waals surface area (Å²) in [5.74, 6) is 2.69. The zero-order valence-electron chi connectivity index (χ0n) is 11.7. The fourth-order valence-corrected chi connectivity index (χ4v) is 3.87. The summed E-state index contributed by atoms with van der Waals surface area (Å²) in [4.78, 5) is 4.50. The van der Waals surface area contributed by atoms with Gasteiger partial charge >= 0.3 is 0 Å². The molecule has 0 aromatic carbocycles. The quantitative estimate of drug-likeness (QED) is 0.775. The third-order valence-electron chi connectivity index (χ3n) is 3.24. The molecular formula is C14H21Cl2N3S. The van der Waals surface area contributed by atoms with Crippen LogP contribution in [0.2, 0.25) is 10.0 Å². The first-order valence-electron chi connectivity index (χ1n) is 7.16. The van der Waals surface area contributed by atoms with E-state index in [1.54, 1.807) is 6.07 Å². The molecule has 112 valence electrons. The molecule has 0 bridgehead atoms. The van der Waals surface area contributed by atoms with Crippen molar-refractivity contribution < 1.29 is 0 Å². The Balaban J connectivity index is 1.98. The zero-order chi connectivity index (χ0) is 14.4. The van der Waals surface area contributed by atoms with Crippen LogP contribution in [0.5, 0.6) is 0 Å². The van der Waals surface area contributed by atoms with E-state index < -0.39 is 0 Å². The van der Waals surface area contributed by atoms with Crippen LogP contribution in [0.25, 0.3) is 0 Å². The number of pyridine rings is 1. The van der Waals surface area contributed by atoms with Crippen LogP contribution in [-0.2, 0) is 0 Å². The second kappa shape index (κ2) is 8.20. The SMILES string of the molecule is CCCNc1nc(NCC2CCCCS2)c(Cl)cc1Cl. The summed E-state index contributed by atoms with van der Waals surface area (Å²) in [5.41, 5.74) is 0. The molecule has 1 saturated heterocycles. The van der Waals surface area contributed by atoms with Crippen LogP contribution >= 0.6 is 35.0 Å². The molecule has 1 aromatic rings. The Morgan fingerprint density at radius 2 is 2.00 bits per heavy atom. The lowest BCUT2D eigenvalue weighted by Crippen LogP contribution is -2.20. The molecule has 6 heteroatoms. The van der Waals surface area contributed by atoms with Crippen molar-refractivity contribution in [1.82, 2.24) is 4.98 Å². The van der Waals surface area contributed by atoms with Crippen molar-refractivity contribution >= 4 is 46.6 Å². The summed E-state index contributed by atoms with van der Waals surface area (Å²) in [6.07, 6.45) is 4.96. The second-order valence-corrected chi connectivity index (χ2v) is 7.17. The molecule has 0 saturated carbocycles. The molecule has 0 amide bonds. The predicted molar refractivity (Wildman–Crippen MR) is 91.6 cm³/mol. The first-order chi connectivity index (χ1) is 9.70. The maximum Gasteiger partial charge on any atom is 0.147 e. The Labute approximate surface area is 135 Å². The Hall–Kier alpha value is -0.320. The Bertz CT molecular complexity index is 437. The van der Waals surface area contributed by atoms with E-state index in [9.17, 15) is 0 Å². The summed E-state index contributed by atoms with van der Waals surface area (Å²) >= 11 is 14.4. The van der Waals surface area contributed by atoms with E-state index >= 15 is 0 Å². The van der Waals surface area contributed by atoms with Gasteiger partial charge in [0.2, 0.25) is 0 Å². The van der Waals surface area contributed by atoms with Crippen molar-refractivity contribution in [3.63, 3.8) is 0 Å². The molecule has 2 rings (SSSR count). The molecule has 1 atom stereocenters.